The Morgan fingerprint density at radius 2 is 1.92 bits per heavy atom. The average molecular weight is 375 g/mol. The van der Waals surface area contributed by atoms with Crippen molar-refractivity contribution < 1.29 is 4.42 Å². The first-order chi connectivity index (χ1) is 12.5. The fourth-order valence-corrected chi connectivity index (χ4v) is 5.36. The molecule has 4 heterocycles. The summed E-state index contributed by atoms with van der Waals surface area (Å²) >= 11 is 1.88. The lowest BCUT2D eigenvalue weighted by molar-refractivity contribution is 0.426. The molecular weight excluding hydrogens is 344 g/mol. The molecule has 0 radical (unpaired) electrons. The third kappa shape index (κ3) is 2.92. The van der Waals surface area contributed by atoms with Gasteiger partial charge in [0.15, 0.2) is 5.89 Å². The van der Waals surface area contributed by atoms with Crippen LogP contribution in [0.2, 0.25) is 0 Å². The fourth-order valence-electron chi connectivity index (χ4n) is 4.13. The Hall–Kier alpha value is -1.56. The summed E-state index contributed by atoms with van der Waals surface area (Å²) in [6, 6.07) is 0. The van der Waals surface area contributed by atoms with Crippen molar-refractivity contribution >= 4 is 22.2 Å². The zero-order chi connectivity index (χ0) is 18.4. The van der Waals surface area contributed by atoms with Crippen molar-refractivity contribution in [1.82, 2.24) is 9.97 Å². The number of anilines is 2. The number of hydrogen-bond donors (Lipinski definition) is 0. The minimum absolute atomic E-state index is 0.318. The lowest BCUT2D eigenvalue weighted by atomic mass is 9.94. The van der Waals surface area contributed by atoms with Gasteiger partial charge in [-0.1, -0.05) is 20.8 Å². The third-order valence-electron chi connectivity index (χ3n) is 5.68. The largest absolute Gasteiger partial charge is 0.425 e. The van der Waals surface area contributed by atoms with Gasteiger partial charge in [0.1, 0.15) is 10.7 Å². The molecule has 2 aliphatic rings. The summed E-state index contributed by atoms with van der Waals surface area (Å²) in [7, 11) is 0. The second-order valence-electron chi connectivity index (χ2n) is 7.90. The van der Waals surface area contributed by atoms with Gasteiger partial charge in [0.2, 0.25) is 5.88 Å². The molecule has 0 saturated carbocycles. The number of oxazole rings is 1. The molecule has 0 amide bonds. The highest BCUT2D eigenvalue weighted by atomic mass is 32.1. The molecule has 2 unspecified atom stereocenters. The summed E-state index contributed by atoms with van der Waals surface area (Å²) in [5, 5.41) is 2.65. The minimum atomic E-state index is 0.318. The molecule has 0 fully saturated rings. The van der Waals surface area contributed by atoms with E-state index in [1.807, 2.05) is 11.3 Å². The molecule has 4 rings (SSSR count). The maximum Gasteiger partial charge on any atom is 0.219 e. The van der Waals surface area contributed by atoms with Crippen LogP contribution in [0.5, 0.6) is 0 Å². The lowest BCUT2D eigenvalue weighted by Crippen LogP contribution is -2.21. The number of nitrogens with zero attached hydrogens (tertiary/aromatic N) is 4. The topological polar surface area (TPSA) is 45.4 Å². The molecule has 0 bridgehead atoms. The van der Waals surface area contributed by atoms with Crippen molar-refractivity contribution in [3.05, 3.63) is 22.3 Å². The van der Waals surface area contributed by atoms with Crippen LogP contribution in [-0.2, 0) is 6.42 Å². The Balaban J connectivity index is 1.53. The highest BCUT2D eigenvalue weighted by Gasteiger charge is 2.35. The molecule has 2 aromatic rings. The van der Waals surface area contributed by atoms with Gasteiger partial charge < -0.3 is 14.2 Å². The van der Waals surface area contributed by atoms with Crippen LogP contribution in [-0.4, -0.2) is 36.1 Å². The van der Waals surface area contributed by atoms with E-state index in [0.717, 1.165) is 56.5 Å². The van der Waals surface area contributed by atoms with Crippen molar-refractivity contribution in [2.24, 2.45) is 0 Å². The van der Waals surface area contributed by atoms with Gasteiger partial charge in [-0.2, -0.15) is 0 Å². The number of fused-ring (bicyclic) bond motifs is 2. The van der Waals surface area contributed by atoms with E-state index in [1.165, 1.54) is 15.7 Å². The molecule has 6 heteroatoms. The summed E-state index contributed by atoms with van der Waals surface area (Å²) in [6.45, 7) is 15.3. The summed E-state index contributed by atoms with van der Waals surface area (Å²) in [5.74, 6) is 3.21. The Bertz CT molecular complexity index is 781. The second kappa shape index (κ2) is 6.87. The number of thiazole rings is 1. The first kappa shape index (κ1) is 17.8. The summed E-state index contributed by atoms with van der Waals surface area (Å²) < 4.78 is 6.17. The van der Waals surface area contributed by atoms with Crippen LogP contribution in [0.15, 0.2) is 4.42 Å². The number of aromatic nitrogens is 2. The van der Waals surface area contributed by atoms with Gasteiger partial charge in [-0.05, 0) is 20.3 Å². The predicted molar refractivity (Wildman–Crippen MR) is 108 cm³/mol. The molecular formula is C20H30N4OS. The monoisotopic (exact) mass is 374 g/mol. The average Bonchev–Trinajstić information content (AvgIpc) is 3.34. The summed E-state index contributed by atoms with van der Waals surface area (Å²) in [6.07, 6.45) is 2.07. The van der Waals surface area contributed by atoms with Gasteiger partial charge in [-0.25, -0.2) is 9.97 Å². The third-order valence-corrected chi connectivity index (χ3v) is 7.11. The van der Waals surface area contributed by atoms with Crippen LogP contribution in [0.3, 0.4) is 0 Å². The SMILES string of the molecule is CCN1CCc2nc(C(C)CC3CN(CC)c4sc(C(C)C)nc43)oc21. The summed E-state index contributed by atoms with van der Waals surface area (Å²) in [5.41, 5.74) is 2.45. The van der Waals surface area contributed by atoms with E-state index in [1.54, 1.807) is 0 Å². The molecule has 2 atom stereocenters. The zero-order valence-electron chi connectivity index (χ0n) is 16.6. The fraction of sp³-hybridized carbons (Fsp3) is 0.700. The lowest BCUT2D eigenvalue weighted by Gasteiger charge is -2.18. The van der Waals surface area contributed by atoms with Crippen LogP contribution < -0.4 is 9.80 Å². The number of likely N-dealkylation sites (N-methyl/N-ethyl adjacent to an activating group) is 2. The molecule has 0 spiro atoms. The number of hydrogen-bond acceptors (Lipinski definition) is 6. The highest BCUT2D eigenvalue weighted by molar-refractivity contribution is 7.16. The highest BCUT2D eigenvalue weighted by Crippen LogP contribution is 2.45. The van der Waals surface area contributed by atoms with Gasteiger partial charge in [-0.3, -0.25) is 0 Å². The standard InChI is InChI=1S/C20H30N4OS/c1-6-23-9-8-15-19(23)25-17(21-15)13(5)10-14-11-24(7-2)20-16(14)22-18(26-20)12(3)4/h12-14H,6-11H2,1-5H3. The molecule has 0 N–H and O–H groups in total. The molecule has 0 aliphatic carbocycles. The van der Waals surface area contributed by atoms with Crippen molar-refractivity contribution in [3.63, 3.8) is 0 Å². The second-order valence-corrected chi connectivity index (χ2v) is 8.91. The van der Waals surface area contributed by atoms with Crippen LogP contribution in [0.1, 0.15) is 81.1 Å². The first-order valence-electron chi connectivity index (χ1n) is 10.0. The van der Waals surface area contributed by atoms with E-state index >= 15 is 0 Å². The maximum atomic E-state index is 6.17. The van der Waals surface area contributed by atoms with Gasteiger partial charge in [0.05, 0.1) is 10.7 Å². The molecule has 0 saturated heterocycles. The van der Waals surface area contributed by atoms with E-state index in [2.05, 4.69) is 44.4 Å². The number of rotatable bonds is 6. The molecule has 2 aromatic heterocycles. The van der Waals surface area contributed by atoms with E-state index in [9.17, 15) is 0 Å². The molecule has 26 heavy (non-hydrogen) atoms. The molecule has 0 aromatic carbocycles. The van der Waals surface area contributed by atoms with Crippen molar-refractivity contribution in [2.45, 2.75) is 65.2 Å². The summed E-state index contributed by atoms with van der Waals surface area (Å²) in [4.78, 5) is 14.6. The van der Waals surface area contributed by atoms with Crippen molar-refractivity contribution in [3.8, 4) is 0 Å². The Morgan fingerprint density at radius 1 is 1.15 bits per heavy atom. The van der Waals surface area contributed by atoms with E-state index < -0.39 is 0 Å². The minimum Gasteiger partial charge on any atom is -0.425 e. The van der Waals surface area contributed by atoms with Gasteiger partial charge in [0, 0.05) is 50.4 Å². The van der Waals surface area contributed by atoms with Crippen LogP contribution in [0.4, 0.5) is 10.9 Å². The van der Waals surface area contributed by atoms with Crippen molar-refractivity contribution in [2.75, 3.05) is 36.0 Å². The van der Waals surface area contributed by atoms with Gasteiger partial charge in [0.25, 0.3) is 0 Å². The molecule has 142 valence electrons. The quantitative estimate of drug-likeness (QED) is 0.730. The van der Waals surface area contributed by atoms with E-state index in [4.69, 9.17) is 14.4 Å². The Kier molecular flexibility index (Phi) is 4.71. The zero-order valence-corrected chi connectivity index (χ0v) is 17.4. The van der Waals surface area contributed by atoms with E-state index in [0.29, 0.717) is 17.8 Å². The molecule has 2 aliphatic heterocycles. The van der Waals surface area contributed by atoms with Crippen LogP contribution >= 0.6 is 11.3 Å². The van der Waals surface area contributed by atoms with Gasteiger partial charge >= 0.3 is 0 Å². The van der Waals surface area contributed by atoms with Gasteiger partial charge in [-0.15, -0.1) is 11.3 Å². The van der Waals surface area contributed by atoms with Crippen LogP contribution in [0, 0.1) is 0 Å². The smallest absolute Gasteiger partial charge is 0.219 e. The Morgan fingerprint density at radius 3 is 2.62 bits per heavy atom. The normalized spacial score (nSPS) is 20.2. The van der Waals surface area contributed by atoms with E-state index in [-0.39, 0.29) is 0 Å². The van der Waals surface area contributed by atoms with Crippen molar-refractivity contribution in [1.29, 1.82) is 0 Å². The molecule has 5 nitrogen and oxygen atoms in total. The van der Waals surface area contributed by atoms with Crippen LogP contribution in [0.25, 0.3) is 0 Å². The maximum absolute atomic E-state index is 6.17. The first-order valence-corrected chi connectivity index (χ1v) is 10.8. The Labute approximate surface area is 160 Å². The predicted octanol–water partition coefficient (Wildman–Crippen LogP) is 4.75.